The van der Waals surface area contributed by atoms with Gasteiger partial charge in [-0.2, -0.15) is 0 Å². The quantitative estimate of drug-likeness (QED) is 0.649. The van der Waals surface area contributed by atoms with E-state index in [1.54, 1.807) is 0 Å². The minimum Gasteiger partial charge on any atom is -0.388 e. The van der Waals surface area contributed by atoms with Crippen LogP contribution in [0.1, 0.15) is 33.1 Å². The maximum atomic E-state index is 10.3. The highest BCUT2D eigenvalue weighted by Gasteiger charge is 2.32. The van der Waals surface area contributed by atoms with E-state index in [0.717, 1.165) is 19.4 Å². The number of hydrogen-bond acceptors (Lipinski definition) is 4. The SMILES string of the molecule is CCOC(CC1(O)CCCNC1)OCC. The summed E-state index contributed by atoms with van der Waals surface area (Å²) < 4.78 is 10.9. The lowest BCUT2D eigenvalue weighted by Gasteiger charge is -2.35. The molecule has 0 aliphatic carbocycles. The van der Waals surface area contributed by atoms with Crippen molar-refractivity contribution >= 4 is 0 Å². The fourth-order valence-corrected chi connectivity index (χ4v) is 1.97. The Balaban J connectivity index is 2.39. The van der Waals surface area contributed by atoms with E-state index in [-0.39, 0.29) is 6.29 Å². The molecule has 0 aromatic heterocycles. The lowest BCUT2D eigenvalue weighted by molar-refractivity contribution is -0.171. The van der Waals surface area contributed by atoms with Gasteiger partial charge < -0.3 is 19.9 Å². The Morgan fingerprint density at radius 3 is 2.47 bits per heavy atom. The van der Waals surface area contributed by atoms with Crippen LogP contribution in [0.3, 0.4) is 0 Å². The molecule has 1 aliphatic rings. The predicted octanol–water partition coefficient (Wildman–Crippen LogP) is 0.890. The van der Waals surface area contributed by atoms with Gasteiger partial charge in [0.1, 0.15) is 0 Å². The van der Waals surface area contributed by atoms with E-state index in [2.05, 4.69) is 5.32 Å². The zero-order valence-electron chi connectivity index (χ0n) is 9.79. The molecule has 1 aliphatic heterocycles. The molecule has 0 radical (unpaired) electrons. The van der Waals surface area contributed by atoms with Crippen molar-refractivity contribution in [2.24, 2.45) is 0 Å². The van der Waals surface area contributed by atoms with Gasteiger partial charge in [-0.3, -0.25) is 0 Å². The molecule has 0 aromatic carbocycles. The second kappa shape index (κ2) is 6.43. The van der Waals surface area contributed by atoms with Crippen molar-refractivity contribution < 1.29 is 14.6 Å². The molecule has 1 atom stereocenters. The largest absolute Gasteiger partial charge is 0.388 e. The van der Waals surface area contributed by atoms with Gasteiger partial charge in [0.2, 0.25) is 0 Å². The van der Waals surface area contributed by atoms with Crippen LogP contribution in [0.15, 0.2) is 0 Å². The zero-order valence-corrected chi connectivity index (χ0v) is 9.79. The molecule has 1 rings (SSSR count). The Kier molecular flexibility index (Phi) is 5.53. The van der Waals surface area contributed by atoms with Gasteiger partial charge in [0.15, 0.2) is 6.29 Å². The van der Waals surface area contributed by atoms with E-state index in [1.165, 1.54) is 0 Å². The van der Waals surface area contributed by atoms with Gasteiger partial charge in [0.05, 0.1) is 5.60 Å². The van der Waals surface area contributed by atoms with Crippen LogP contribution in [-0.4, -0.2) is 43.3 Å². The van der Waals surface area contributed by atoms with Crippen LogP contribution >= 0.6 is 0 Å². The summed E-state index contributed by atoms with van der Waals surface area (Å²) in [6.45, 7) is 6.76. The maximum absolute atomic E-state index is 10.3. The molecular weight excluding hydrogens is 194 g/mol. The molecule has 0 aromatic rings. The Morgan fingerprint density at radius 2 is 2.00 bits per heavy atom. The van der Waals surface area contributed by atoms with Crippen molar-refractivity contribution in [1.82, 2.24) is 5.32 Å². The minimum atomic E-state index is -0.659. The first-order valence-corrected chi connectivity index (χ1v) is 5.86. The molecule has 0 saturated carbocycles. The first-order valence-electron chi connectivity index (χ1n) is 5.86. The van der Waals surface area contributed by atoms with Crippen molar-refractivity contribution in [1.29, 1.82) is 0 Å². The molecule has 4 heteroatoms. The van der Waals surface area contributed by atoms with Crippen LogP contribution < -0.4 is 5.32 Å². The van der Waals surface area contributed by atoms with Crippen LogP contribution in [0.4, 0.5) is 0 Å². The first kappa shape index (κ1) is 12.9. The topological polar surface area (TPSA) is 50.7 Å². The highest BCUT2D eigenvalue weighted by Crippen LogP contribution is 2.23. The predicted molar refractivity (Wildman–Crippen MR) is 58.7 cm³/mol. The van der Waals surface area contributed by atoms with Gasteiger partial charge >= 0.3 is 0 Å². The van der Waals surface area contributed by atoms with Crippen LogP contribution in [0.5, 0.6) is 0 Å². The summed E-state index contributed by atoms with van der Waals surface area (Å²) in [5, 5.41) is 13.5. The number of ether oxygens (including phenoxy) is 2. The van der Waals surface area contributed by atoms with Gasteiger partial charge in [-0.05, 0) is 33.2 Å². The number of piperidine rings is 1. The second-order valence-electron chi connectivity index (χ2n) is 4.05. The molecule has 2 N–H and O–H groups in total. The van der Waals surface area contributed by atoms with Crippen LogP contribution in [0.25, 0.3) is 0 Å². The van der Waals surface area contributed by atoms with Gasteiger partial charge in [0, 0.05) is 26.2 Å². The molecule has 0 spiro atoms. The highest BCUT2D eigenvalue weighted by molar-refractivity contribution is 4.86. The lowest BCUT2D eigenvalue weighted by atomic mass is 9.90. The zero-order chi connectivity index (χ0) is 11.1. The fraction of sp³-hybridized carbons (Fsp3) is 1.00. The number of nitrogens with one attached hydrogen (secondary N) is 1. The van der Waals surface area contributed by atoms with Crippen LogP contribution in [-0.2, 0) is 9.47 Å². The molecule has 1 heterocycles. The number of aliphatic hydroxyl groups is 1. The summed E-state index contributed by atoms with van der Waals surface area (Å²) in [6.07, 6.45) is 2.13. The third kappa shape index (κ3) is 4.47. The fourth-order valence-electron chi connectivity index (χ4n) is 1.97. The molecule has 0 bridgehead atoms. The summed E-state index contributed by atoms with van der Waals surface area (Å²) in [7, 11) is 0. The van der Waals surface area contributed by atoms with E-state index in [9.17, 15) is 5.11 Å². The van der Waals surface area contributed by atoms with Crippen LogP contribution in [0.2, 0.25) is 0 Å². The Labute approximate surface area is 92.0 Å². The number of rotatable bonds is 6. The summed E-state index contributed by atoms with van der Waals surface area (Å²) in [5.41, 5.74) is -0.659. The van der Waals surface area contributed by atoms with Crippen LogP contribution in [0, 0.1) is 0 Å². The summed E-state index contributed by atoms with van der Waals surface area (Å²) in [4.78, 5) is 0. The summed E-state index contributed by atoms with van der Waals surface area (Å²) in [5.74, 6) is 0. The third-order valence-corrected chi connectivity index (χ3v) is 2.70. The average molecular weight is 217 g/mol. The molecule has 4 nitrogen and oxygen atoms in total. The number of β-amino-alcohol motifs (C(OH)–C–C–N with tert-alkyl or cyclic N) is 1. The van der Waals surface area contributed by atoms with E-state index >= 15 is 0 Å². The van der Waals surface area contributed by atoms with Crippen molar-refractivity contribution in [3.8, 4) is 0 Å². The van der Waals surface area contributed by atoms with E-state index in [4.69, 9.17) is 9.47 Å². The van der Waals surface area contributed by atoms with Gasteiger partial charge in [0.25, 0.3) is 0 Å². The molecule has 1 unspecified atom stereocenters. The number of hydrogen-bond donors (Lipinski definition) is 2. The van der Waals surface area contributed by atoms with Crippen molar-refractivity contribution in [3.05, 3.63) is 0 Å². The molecule has 0 amide bonds. The third-order valence-electron chi connectivity index (χ3n) is 2.70. The van der Waals surface area contributed by atoms with Gasteiger partial charge in [-0.1, -0.05) is 0 Å². The normalized spacial score (nSPS) is 27.2. The average Bonchev–Trinajstić information content (AvgIpc) is 2.19. The second-order valence-corrected chi connectivity index (χ2v) is 4.05. The summed E-state index contributed by atoms with van der Waals surface area (Å²) >= 11 is 0. The van der Waals surface area contributed by atoms with E-state index in [0.29, 0.717) is 26.2 Å². The van der Waals surface area contributed by atoms with E-state index in [1.807, 2.05) is 13.8 Å². The van der Waals surface area contributed by atoms with Gasteiger partial charge in [-0.25, -0.2) is 0 Å². The smallest absolute Gasteiger partial charge is 0.160 e. The Bertz CT molecular complexity index is 163. The van der Waals surface area contributed by atoms with E-state index < -0.39 is 5.60 Å². The minimum absolute atomic E-state index is 0.273. The molecule has 90 valence electrons. The monoisotopic (exact) mass is 217 g/mol. The Hall–Kier alpha value is -0.160. The van der Waals surface area contributed by atoms with Gasteiger partial charge in [-0.15, -0.1) is 0 Å². The summed E-state index contributed by atoms with van der Waals surface area (Å²) in [6, 6.07) is 0. The molecule has 1 saturated heterocycles. The van der Waals surface area contributed by atoms with Crippen molar-refractivity contribution in [2.75, 3.05) is 26.3 Å². The van der Waals surface area contributed by atoms with Crippen molar-refractivity contribution in [3.63, 3.8) is 0 Å². The molecule has 1 fully saturated rings. The molecule has 15 heavy (non-hydrogen) atoms. The van der Waals surface area contributed by atoms with Crippen molar-refractivity contribution in [2.45, 2.75) is 45.0 Å². The first-order chi connectivity index (χ1) is 7.20. The molecular formula is C11H23NO3. The lowest BCUT2D eigenvalue weighted by Crippen LogP contribution is -2.48. The Morgan fingerprint density at radius 1 is 1.33 bits per heavy atom. The standard InChI is InChI=1S/C11H23NO3/c1-3-14-10(15-4-2)8-11(13)6-5-7-12-9-11/h10,12-13H,3-9H2,1-2H3. The highest BCUT2D eigenvalue weighted by atomic mass is 16.7. The maximum Gasteiger partial charge on any atom is 0.160 e.